The molecular weight excluding hydrogens is 355 g/mol. The summed E-state index contributed by atoms with van der Waals surface area (Å²) in [6, 6.07) is -1.76. The number of hydrogen-bond acceptors (Lipinski definition) is 4. The highest BCUT2D eigenvalue weighted by Crippen LogP contribution is 2.27. The Labute approximate surface area is 141 Å². The number of nitrogens with zero attached hydrogens (tertiary/aromatic N) is 1. The van der Waals surface area contributed by atoms with E-state index in [1.54, 1.807) is 0 Å². The van der Waals surface area contributed by atoms with Gasteiger partial charge in [0.15, 0.2) is 0 Å². The average molecular weight is 380 g/mol. The van der Waals surface area contributed by atoms with Crippen molar-refractivity contribution in [1.82, 2.24) is 14.9 Å². The van der Waals surface area contributed by atoms with Crippen LogP contribution in [0.4, 0.5) is 13.2 Å². The van der Waals surface area contributed by atoms with Crippen LogP contribution in [0.5, 0.6) is 0 Å². The molecular formula is C13H25ClF3N3O2S. The molecule has 1 atom stereocenters. The fourth-order valence-corrected chi connectivity index (χ4v) is 4.68. The SMILES string of the molecule is Cl.O=S(=O)(CC1CCCC1)NCC(N1CCNCC1)C(F)(F)F. The molecule has 0 aromatic carbocycles. The van der Waals surface area contributed by atoms with Crippen LogP contribution >= 0.6 is 12.4 Å². The Balaban J connectivity index is 0.00000264. The van der Waals surface area contributed by atoms with E-state index in [0.717, 1.165) is 25.7 Å². The van der Waals surface area contributed by atoms with Crippen LogP contribution in [0.1, 0.15) is 25.7 Å². The molecule has 1 saturated heterocycles. The van der Waals surface area contributed by atoms with Crippen molar-refractivity contribution in [2.24, 2.45) is 5.92 Å². The van der Waals surface area contributed by atoms with Crippen LogP contribution in [0.15, 0.2) is 0 Å². The maximum absolute atomic E-state index is 13.2. The van der Waals surface area contributed by atoms with E-state index in [1.807, 2.05) is 0 Å². The summed E-state index contributed by atoms with van der Waals surface area (Å²) >= 11 is 0. The second-order valence-electron chi connectivity index (χ2n) is 6.12. The standard InChI is InChI=1S/C13H24F3N3O2S.ClH/c14-13(15,16)12(19-7-5-17-6-8-19)9-18-22(20,21)10-11-3-1-2-4-11;/h11-12,17-18H,1-10H2;1H. The third kappa shape index (κ3) is 6.74. The van der Waals surface area contributed by atoms with E-state index in [4.69, 9.17) is 0 Å². The van der Waals surface area contributed by atoms with Crippen molar-refractivity contribution in [1.29, 1.82) is 0 Å². The summed E-state index contributed by atoms with van der Waals surface area (Å²) < 4.78 is 65.7. The molecule has 1 unspecified atom stereocenters. The summed E-state index contributed by atoms with van der Waals surface area (Å²) in [5.41, 5.74) is 0. The first kappa shape index (κ1) is 21.0. The lowest BCUT2D eigenvalue weighted by Crippen LogP contribution is -2.57. The molecule has 2 aliphatic rings. The van der Waals surface area contributed by atoms with E-state index in [0.29, 0.717) is 13.1 Å². The Morgan fingerprint density at radius 3 is 2.26 bits per heavy atom. The molecule has 2 N–H and O–H groups in total. The topological polar surface area (TPSA) is 61.4 Å². The largest absolute Gasteiger partial charge is 0.405 e. The quantitative estimate of drug-likeness (QED) is 0.731. The molecule has 1 aliphatic heterocycles. The van der Waals surface area contributed by atoms with Crippen molar-refractivity contribution in [3.8, 4) is 0 Å². The lowest BCUT2D eigenvalue weighted by Gasteiger charge is -2.35. The van der Waals surface area contributed by atoms with Crippen LogP contribution in [0.25, 0.3) is 0 Å². The second-order valence-corrected chi connectivity index (χ2v) is 7.98. The van der Waals surface area contributed by atoms with Gasteiger partial charge in [0.2, 0.25) is 10.0 Å². The van der Waals surface area contributed by atoms with E-state index in [-0.39, 0.29) is 37.2 Å². The molecule has 138 valence electrons. The van der Waals surface area contributed by atoms with Gasteiger partial charge in [-0.15, -0.1) is 12.4 Å². The normalized spacial score (nSPS) is 22.7. The summed E-state index contributed by atoms with van der Waals surface area (Å²) in [5, 5.41) is 2.99. The first-order valence-electron chi connectivity index (χ1n) is 7.77. The van der Waals surface area contributed by atoms with Crippen molar-refractivity contribution in [2.45, 2.75) is 37.9 Å². The molecule has 1 heterocycles. The number of nitrogens with one attached hydrogen (secondary N) is 2. The van der Waals surface area contributed by atoms with Gasteiger partial charge in [-0.25, -0.2) is 13.1 Å². The minimum absolute atomic E-state index is 0. The van der Waals surface area contributed by atoms with Crippen LogP contribution < -0.4 is 10.0 Å². The number of alkyl halides is 3. The molecule has 2 rings (SSSR count). The first-order chi connectivity index (χ1) is 10.3. The van der Waals surface area contributed by atoms with Gasteiger partial charge in [-0.3, -0.25) is 4.90 Å². The number of piperazine rings is 1. The smallest absolute Gasteiger partial charge is 0.314 e. The fourth-order valence-electron chi connectivity index (χ4n) is 3.20. The second kappa shape index (κ2) is 8.84. The predicted octanol–water partition coefficient (Wildman–Crippen LogP) is 1.35. The zero-order chi connectivity index (χ0) is 16.2. The predicted molar refractivity (Wildman–Crippen MR) is 85.3 cm³/mol. The highest BCUT2D eigenvalue weighted by Gasteiger charge is 2.44. The summed E-state index contributed by atoms with van der Waals surface area (Å²) in [4.78, 5) is 1.30. The van der Waals surface area contributed by atoms with Crippen molar-refractivity contribution < 1.29 is 21.6 Å². The molecule has 0 amide bonds. The number of sulfonamides is 1. The van der Waals surface area contributed by atoms with Crippen LogP contribution in [-0.2, 0) is 10.0 Å². The molecule has 0 bridgehead atoms. The van der Waals surface area contributed by atoms with Gasteiger partial charge in [-0.1, -0.05) is 12.8 Å². The Morgan fingerprint density at radius 1 is 1.17 bits per heavy atom. The van der Waals surface area contributed by atoms with E-state index in [9.17, 15) is 21.6 Å². The summed E-state index contributed by atoms with van der Waals surface area (Å²) in [6.07, 6.45) is -0.728. The first-order valence-corrected chi connectivity index (χ1v) is 9.42. The Hall–Kier alpha value is -0.0900. The van der Waals surface area contributed by atoms with Gasteiger partial charge in [0.25, 0.3) is 0 Å². The number of hydrogen-bond donors (Lipinski definition) is 2. The van der Waals surface area contributed by atoms with Gasteiger partial charge in [0.05, 0.1) is 5.75 Å². The molecule has 5 nitrogen and oxygen atoms in total. The van der Waals surface area contributed by atoms with Crippen molar-refractivity contribution in [2.75, 3.05) is 38.5 Å². The molecule has 0 aromatic rings. The summed E-state index contributed by atoms with van der Waals surface area (Å²) in [5.74, 6) is 0.0279. The highest BCUT2D eigenvalue weighted by molar-refractivity contribution is 7.89. The Kier molecular flexibility index (Phi) is 8.06. The molecule has 0 spiro atoms. The van der Waals surface area contributed by atoms with Gasteiger partial charge in [0.1, 0.15) is 6.04 Å². The van der Waals surface area contributed by atoms with Crippen molar-refractivity contribution in [3.63, 3.8) is 0 Å². The lowest BCUT2D eigenvalue weighted by molar-refractivity contribution is -0.182. The average Bonchev–Trinajstić information content (AvgIpc) is 2.90. The minimum atomic E-state index is -4.44. The van der Waals surface area contributed by atoms with Gasteiger partial charge in [-0.2, -0.15) is 13.2 Å². The molecule has 1 saturated carbocycles. The third-order valence-corrected chi connectivity index (χ3v) is 5.91. The molecule has 1 aliphatic carbocycles. The van der Waals surface area contributed by atoms with Crippen molar-refractivity contribution >= 4 is 22.4 Å². The van der Waals surface area contributed by atoms with Crippen LogP contribution in [0.2, 0.25) is 0 Å². The van der Waals surface area contributed by atoms with Gasteiger partial charge < -0.3 is 5.32 Å². The van der Waals surface area contributed by atoms with E-state index in [2.05, 4.69) is 10.0 Å². The molecule has 23 heavy (non-hydrogen) atoms. The maximum atomic E-state index is 13.2. The summed E-state index contributed by atoms with van der Waals surface area (Å²) in [7, 11) is -3.65. The zero-order valence-electron chi connectivity index (χ0n) is 12.9. The van der Waals surface area contributed by atoms with Crippen LogP contribution in [0, 0.1) is 5.92 Å². The minimum Gasteiger partial charge on any atom is -0.314 e. The molecule has 10 heteroatoms. The van der Waals surface area contributed by atoms with Crippen LogP contribution in [-0.4, -0.2) is 64.0 Å². The monoisotopic (exact) mass is 379 g/mol. The van der Waals surface area contributed by atoms with Gasteiger partial charge in [0, 0.05) is 32.7 Å². The fraction of sp³-hybridized carbons (Fsp3) is 1.00. The van der Waals surface area contributed by atoms with Crippen molar-refractivity contribution in [3.05, 3.63) is 0 Å². The van der Waals surface area contributed by atoms with E-state index >= 15 is 0 Å². The summed E-state index contributed by atoms with van der Waals surface area (Å²) in [6.45, 7) is 0.921. The van der Waals surface area contributed by atoms with Gasteiger partial charge >= 0.3 is 6.18 Å². The Bertz CT molecular complexity index is 450. The van der Waals surface area contributed by atoms with Gasteiger partial charge in [-0.05, 0) is 18.8 Å². The maximum Gasteiger partial charge on any atom is 0.405 e. The third-order valence-electron chi connectivity index (χ3n) is 4.40. The number of rotatable bonds is 6. The molecule has 2 fully saturated rings. The lowest BCUT2D eigenvalue weighted by atomic mass is 10.1. The van der Waals surface area contributed by atoms with E-state index < -0.39 is 28.8 Å². The molecule has 0 radical (unpaired) electrons. The Morgan fingerprint density at radius 2 is 1.74 bits per heavy atom. The number of halogens is 4. The molecule has 0 aromatic heterocycles. The zero-order valence-corrected chi connectivity index (χ0v) is 14.6. The van der Waals surface area contributed by atoms with Crippen LogP contribution in [0.3, 0.4) is 0 Å². The van der Waals surface area contributed by atoms with E-state index in [1.165, 1.54) is 4.90 Å². The highest BCUT2D eigenvalue weighted by atomic mass is 35.5.